The molecule has 0 bridgehead atoms. The fraction of sp³-hybridized carbons (Fsp3) is 0.429. The van der Waals surface area contributed by atoms with Gasteiger partial charge in [0, 0.05) is 0 Å². The van der Waals surface area contributed by atoms with E-state index in [1.807, 2.05) is 0 Å². The summed E-state index contributed by atoms with van der Waals surface area (Å²) < 4.78 is 0. The second kappa shape index (κ2) is 9.06. The molecule has 0 heterocycles. The molecule has 0 saturated carbocycles. The van der Waals surface area contributed by atoms with Gasteiger partial charge in [-0.25, -0.2) is 19.6 Å². The van der Waals surface area contributed by atoms with Crippen LogP contribution in [0.4, 0.5) is 0 Å². The summed E-state index contributed by atoms with van der Waals surface area (Å²) in [6.07, 6.45) is 2.62. The summed E-state index contributed by atoms with van der Waals surface area (Å²) in [6.45, 7) is 9.11. The van der Waals surface area contributed by atoms with Gasteiger partial charge in [-0.3, -0.25) is 0 Å². The zero-order valence-electron chi connectivity index (χ0n) is 11.3. The predicted molar refractivity (Wildman–Crippen MR) is 71.4 cm³/mol. The quantitative estimate of drug-likeness (QED) is 0.467. The third-order valence-corrected chi connectivity index (χ3v) is 2.78. The maximum atomic E-state index is 9.34. The molecule has 0 N–H and O–H groups in total. The summed E-state index contributed by atoms with van der Waals surface area (Å²) in [5, 5.41) is 0. The fourth-order valence-corrected chi connectivity index (χ4v) is 1.28. The van der Waals surface area contributed by atoms with Crippen molar-refractivity contribution in [2.45, 2.75) is 27.7 Å². The van der Waals surface area contributed by atoms with E-state index in [0.717, 1.165) is 0 Å². The summed E-state index contributed by atoms with van der Waals surface area (Å²) in [4.78, 5) is 24.9. The maximum absolute atomic E-state index is 9.34. The molecular formula is C14H18N2O2. The van der Waals surface area contributed by atoms with Gasteiger partial charge in [-0.1, -0.05) is 12.1 Å². The van der Waals surface area contributed by atoms with Crippen molar-refractivity contribution in [3.63, 3.8) is 0 Å². The van der Waals surface area contributed by atoms with E-state index in [2.05, 4.69) is 49.8 Å². The molecule has 0 aromatic heterocycles. The minimum Gasteiger partial charge on any atom is -0.211 e. The van der Waals surface area contributed by atoms with Gasteiger partial charge >= 0.3 is 0 Å². The van der Waals surface area contributed by atoms with Gasteiger partial charge in [-0.2, -0.15) is 0 Å². The largest absolute Gasteiger partial charge is 0.235 e. The van der Waals surface area contributed by atoms with Gasteiger partial charge < -0.3 is 0 Å². The Morgan fingerprint density at radius 1 is 0.833 bits per heavy atom. The molecule has 4 nitrogen and oxygen atoms in total. The number of carbonyl (C=O) groups excluding carboxylic acids is 2. The Morgan fingerprint density at radius 2 is 1.17 bits per heavy atom. The monoisotopic (exact) mass is 246 g/mol. The van der Waals surface area contributed by atoms with Crippen LogP contribution in [0.1, 0.15) is 22.3 Å². The minimum atomic E-state index is 0.221. The maximum Gasteiger partial charge on any atom is 0.235 e. The molecule has 0 saturated heterocycles. The Hall–Kier alpha value is -2.02. The Morgan fingerprint density at radius 3 is 1.44 bits per heavy atom. The molecule has 1 aromatic rings. The highest BCUT2D eigenvalue weighted by Crippen LogP contribution is 2.15. The number of aryl methyl sites for hydroxylation is 2. The smallest absolute Gasteiger partial charge is 0.211 e. The third-order valence-electron chi connectivity index (χ3n) is 2.78. The summed E-state index contributed by atoms with van der Waals surface area (Å²) in [5.74, 6) is 0. The summed E-state index contributed by atoms with van der Waals surface area (Å²) in [6, 6.07) is 4.36. The number of isocyanates is 2. The molecule has 1 aromatic carbocycles. The lowest BCUT2D eigenvalue weighted by Gasteiger charge is -2.06. The van der Waals surface area contributed by atoms with E-state index >= 15 is 0 Å². The van der Waals surface area contributed by atoms with Crippen LogP contribution in [0.15, 0.2) is 22.1 Å². The van der Waals surface area contributed by atoms with Crippen LogP contribution >= 0.6 is 0 Å². The molecule has 96 valence electrons. The molecule has 4 heteroatoms. The summed E-state index contributed by atoms with van der Waals surface area (Å²) in [7, 11) is 0. The zero-order valence-corrected chi connectivity index (χ0v) is 11.3. The molecule has 0 aliphatic carbocycles. The van der Waals surface area contributed by atoms with E-state index in [9.17, 15) is 9.59 Å². The van der Waals surface area contributed by atoms with Gasteiger partial charge in [0.05, 0.1) is 13.1 Å². The topological polar surface area (TPSA) is 58.9 Å². The highest BCUT2D eigenvalue weighted by Gasteiger charge is 1.97. The van der Waals surface area contributed by atoms with E-state index in [1.165, 1.54) is 34.4 Å². The molecular weight excluding hydrogens is 228 g/mol. The van der Waals surface area contributed by atoms with Crippen LogP contribution in [0.3, 0.4) is 0 Å². The number of benzene rings is 1. The summed E-state index contributed by atoms with van der Waals surface area (Å²) in [5.41, 5.74) is 5.64. The van der Waals surface area contributed by atoms with Crippen molar-refractivity contribution in [1.82, 2.24) is 0 Å². The lowest BCUT2D eigenvalue weighted by atomic mass is 10.0. The van der Waals surface area contributed by atoms with Crippen molar-refractivity contribution >= 4 is 12.2 Å². The van der Waals surface area contributed by atoms with E-state index in [4.69, 9.17) is 0 Å². The Kier molecular flexibility index (Phi) is 8.04. The van der Waals surface area contributed by atoms with Crippen LogP contribution in [-0.4, -0.2) is 25.2 Å². The molecule has 0 amide bonds. The van der Waals surface area contributed by atoms with Crippen molar-refractivity contribution < 1.29 is 9.59 Å². The van der Waals surface area contributed by atoms with Crippen LogP contribution in [0, 0.1) is 27.7 Å². The van der Waals surface area contributed by atoms with Gasteiger partial charge in [-0.15, -0.1) is 0 Å². The molecule has 0 unspecified atom stereocenters. The van der Waals surface area contributed by atoms with Crippen LogP contribution < -0.4 is 0 Å². The molecule has 1 rings (SSSR count). The fourth-order valence-electron chi connectivity index (χ4n) is 1.28. The predicted octanol–water partition coefficient (Wildman–Crippen LogP) is 2.58. The van der Waals surface area contributed by atoms with Gasteiger partial charge in [0.25, 0.3) is 0 Å². The van der Waals surface area contributed by atoms with Crippen molar-refractivity contribution in [2.75, 3.05) is 13.1 Å². The van der Waals surface area contributed by atoms with E-state index in [0.29, 0.717) is 0 Å². The first kappa shape index (κ1) is 16.0. The number of hydrogen-bond acceptors (Lipinski definition) is 4. The number of nitrogens with zero attached hydrogens (tertiary/aromatic N) is 2. The van der Waals surface area contributed by atoms with Crippen LogP contribution in [0.5, 0.6) is 0 Å². The standard InChI is InChI=1S/C10H14.C4H4N2O2/c1-7-5-6-8(2)10(4)9(7)3;7-3-5-1-2-6-4-8/h5-6H,1-4H3;1-2H2. The zero-order chi connectivity index (χ0) is 14.0. The second-order valence-electron chi connectivity index (χ2n) is 3.90. The summed E-state index contributed by atoms with van der Waals surface area (Å²) >= 11 is 0. The van der Waals surface area contributed by atoms with Crippen molar-refractivity contribution in [3.05, 3.63) is 34.4 Å². The minimum absolute atomic E-state index is 0.221. The van der Waals surface area contributed by atoms with Crippen LogP contribution in [0.25, 0.3) is 0 Å². The average Bonchev–Trinajstić information content (AvgIpc) is 2.38. The Labute approximate surface area is 107 Å². The number of rotatable bonds is 3. The first-order valence-electron chi connectivity index (χ1n) is 5.65. The van der Waals surface area contributed by atoms with Crippen molar-refractivity contribution in [1.29, 1.82) is 0 Å². The van der Waals surface area contributed by atoms with Gasteiger partial charge in [0.1, 0.15) is 0 Å². The normalized spacial score (nSPS) is 8.44. The van der Waals surface area contributed by atoms with Crippen LogP contribution in [-0.2, 0) is 9.59 Å². The van der Waals surface area contributed by atoms with E-state index < -0.39 is 0 Å². The SMILES string of the molecule is Cc1ccc(C)c(C)c1C.O=C=NCCN=C=O. The number of aliphatic imine (C=N–C) groups is 2. The van der Waals surface area contributed by atoms with Gasteiger partial charge in [0.15, 0.2) is 0 Å². The van der Waals surface area contributed by atoms with Crippen molar-refractivity contribution in [3.8, 4) is 0 Å². The first-order chi connectivity index (χ1) is 8.54. The molecule has 0 aliphatic heterocycles. The molecule has 18 heavy (non-hydrogen) atoms. The third kappa shape index (κ3) is 5.90. The van der Waals surface area contributed by atoms with Crippen LogP contribution in [0.2, 0.25) is 0 Å². The average molecular weight is 246 g/mol. The van der Waals surface area contributed by atoms with Gasteiger partial charge in [-0.05, 0) is 49.9 Å². The first-order valence-corrected chi connectivity index (χ1v) is 5.65. The second-order valence-corrected chi connectivity index (χ2v) is 3.90. The Balaban J connectivity index is 0.000000331. The van der Waals surface area contributed by atoms with Crippen molar-refractivity contribution in [2.24, 2.45) is 9.98 Å². The highest BCUT2D eigenvalue weighted by molar-refractivity contribution is 5.37. The number of hydrogen-bond donors (Lipinski definition) is 0. The van der Waals surface area contributed by atoms with E-state index in [1.54, 1.807) is 0 Å². The highest BCUT2D eigenvalue weighted by atomic mass is 16.1. The lowest BCUT2D eigenvalue weighted by Crippen LogP contribution is -1.88. The molecule has 0 radical (unpaired) electrons. The molecule has 0 atom stereocenters. The van der Waals surface area contributed by atoms with E-state index in [-0.39, 0.29) is 13.1 Å². The Bertz CT molecular complexity index is 438. The molecule has 0 fully saturated rings. The molecule has 0 spiro atoms. The van der Waals surface area contributed by atoms with Gasteiger partial charge in [0.2, 0.25) is 12.2 Å². The molecule has 0 aliphatic rings. The lowest BCUT2D eigenvalue weighted by molar-refractivity contribution is 0.560.